The first-order valence-corrected chi connectivity index (χ1v) is 9.12. The summed E-state index contributed by atoms with van der Waals surface area (Å²) < 4.78 is 11.0. The van der Waals surface area contributed by atoms with Crippen molar-refractivity contribution in [2.45, 2.75) is 12.5 Å². The van der Waals surface area contributed by atoms with Crippen LogP contribution in [0.25, 0.3) is 0 Å². The molecule has 0 radical (unpaired) electrons. The van der Waals surface area contributed by atoms with Crippen LogP contribution in [0.15, 0.2) is 77.4 Å². The summed E-state index contributed by atoms with van der Waals surface area (Å²) in [6.07, 6.45) is 1.75. The molecular formula is C22H20N2O4. The van der Waals surface area contributed by atoms with Crippen molar-refractivity contribution in [2.75, 3.05) is 18.1 Å². The Hall–Kier alpha value is -3.54. The first kappa shape index (κ1) is 17.9. The molecule has 0 aliphatic carbocycles. The van der Waals surface area contributed by atoms with Gasteiger partial charge in [0.15, 0.2) is 6.61 Å². The summed E-state index contributed by atoms with van der Waals surface area (Å²) in [5.41, 5.74) is 1.62. The average Bonchev–Trinajstić information content (AvgIpc) is 3.26. The van der Waals surface area contributed by atoms with E-state index in [9.17, 15) is 9.59 Å². The summed E-state index contributed by atoms with van der Waals surface area (Å²) in [7, 11) is 0. The molecule has 2 aromatic carbocycles. The standard InChI is InChI=1S/C22H20N2O4/c25-20(12-13-24-17-9-4-5-10-18(17)28-15-21(24)26)23-22(19-11-6-14-27-19)16-7-2-1-3-8-16/h1-11,14,22H,12-13,15H2,(H,23,25). The van der Waals surface area contributed by atoms with E-state index < -0.39 is 0 Å². The molecular weight excluding hydrogens is 356 g/mol. The molecule has 2 amide bonds. The lowest BCUT2D eigenvalue weighted by atomic mass is 10.0. The normalized spacial score (nSPS) is 14.1. The molecule has 6 heteroatoms. The molecule has 1 N–H and O–H groups in total. The number of carbonyl (C=O) groups excluding carboxylic acids is 2. The van der Waals surface area contributed by atoms with Gasteiger partial charge in [-0.1, -0.05) is 42.5 Å². The Morgan fingerprint density at radius 2 is 1.82 bits per heavy atom. The van der Waals surface area contributed by atoms with E-state index in [0.29, 0.717) is 17.2 Å². The van der Waals surface area contributed by atoms with E-state index in [2.05, 4.69) is 5.32 Å². The molecule has 0 saturated heterocycles. The van der Waals surface area contributed by atoms with Crippen molar-refractivity contribution in [1.82, 2.24) is 5.32 Å². The van der Waals surface area contributed by atoms with Crippen LogP contribution in [0.2, 0.25) is 0 Å². The molecule has 3 aromatic rings. The van der Waals surface area contributed by atoms with Crippen LogP contribution in [-0.4, -0.2) is 25.0 Å². The summed E-state index contributed by atoms with van der Waals surface area (Å²) in [6.45, 7) is 0.266. The van der Waals surface area contributed by atoms with Gasteiger partial charge in [-0.05, 0) is 29.8 Å². The zero-order valence-electron chi connectivity index (χ0n) is 15.2. The fraction of sp³-hybridized carbons (Fsp3) is 0.182. The third-order valence-electron chi connectivity index (χ3n) is 4.64. The number of rotatable bonds is 6. The van der Waals surface area contributed by atoms with Crippen LogP contribution in [-0.2, 0) is 9.59 Å². The molecule has 4 rings (SSSR count). The lowest BCUT2D eigenvalue weighted by Crippen LogP contribution is -2.41. The Balaban J connectivity index is 1.46. The van der Waals surface area contributed by atoms with Crippen LogP contribution in [0.3, 0.4) is 0 Å². The minimum absolute atomic E-state index is 0.0162. The van der Waals surface area contributed by atoms with Gasteiger partial charge in [0.25, 0.3) is 5.91 Å². The summed E-state index contributed by atoms with van der Waals surface area (Å²) in [5.74, 6) is 0.992. The molecule has 1 aliphatic heterocycles. The topological polar surface area (TPSA) is 71.8 Å². The largest absolute Gasteiger partial charge is 0.482 e. The molecule has 1 unspecified atom stereocenters. The summed E-state index contributed by atoms with van der Waals surface area (Å²) in [4.78, 5) is 26.5. The van der Waals surface area contributed by atoms with Crippen molar-refractivity contribution in [1.29, 1.82) is 0 Å². The number of carbonyl (C=O) groups is 2. The van der Waals surface area contributed by atoms with Gasteiger partial charge >= 0.3 is 0 Å². The number of benzene rings is 2. The van der Waals surface area contributed by atoms with Gasteiger partial charge in [0.05, 0.1) is 12.0 Å². The van der Waals surface area contributed by atoms with Crippen molar-refractivity contribution in [3.8, 4) is 5.75 Å². The Labute approximate surface area is 162 Å². The number of hydrogen-bond acceptors (Lipinski definition) is 4. The Morgan fingerprint density at radius 1 is 1.04 bits per heavy atom. The van der Waals surface area contributed by atoms with E-state index in [0.717, 1.165) is 5.56 Å². The number of ether oxygens (including phenoxy) is 1. The predicted octanol–water partition coefficient (Wildman–Crippen LogP) is 3.30. The van der Waals surface area contributed by atoms with Gasteiger partial charge < -0.3 is 19.4 Å². The molecule has 142 valence electrons. The van der Waals surface area contributed by atoms with Crippen LogP contribution < -0.4 is 15.0 Å². The fourth-order valence-corrected chi connectivity index (χ4v) is 3.27. The lowest BCUT2D eigenvalue weighted by Gasteiger charge is -2.29. The smallest absolute Gasteiger partial charge is 0.265 e. The maximum absolute atomic E-state index is 12.7. The van der Waals surface area contributed by atoms with Gasteiger partial charge in [0.2, 0.25) is 5.91 Å². The Bertz CT molecular complexity index is 954. The van der Waals surface area contributed by atoms with Gasteiger partial charge in [-0.2, -0.15) is 0 Å². The van der Waals surface area contributed by atoms with Gasteiger partial charge in [0.1, 0.15) is 17.6 Å². The van der Waals surface area contributed by atoms with Crippen LogP contribution >= 0.6 is 0 Å². The number of amides is 2. The van der Waals surface area contributed by atoms with E-state index in [-0.39, 0.29) is 37.4 Å². The molecule has 0 fully saturated rings. The first-order chi connectivity index (χ1) is 13.7. The summed E-state index contributed by atoms with van der Waals surface area (Å²) >= 11 is 0. The predicted molar refractivity (Wildman–Crippen MR) is 104 cm³/mol. The number of hydrogen-bond donors (Lipinski definition) is 1. The second-order valence-electron chi connectivity index (χ2n) is 6.48. The zero-order valence-corrected chi connectivity index (χ0v) is 15.2. The quantitative estimate of drug-likeness (QED) is 0.717. The molecule has 1 aromatic heterocycles. The van der Waals surface area contributed by atoms with E-state index in [1.165, 1.54) is 0 Å². The van der Waals surface area contributed by atoms with Crippen molar-refractivity contribution in [2.24, 2.45) is 0 Å². The summed E-state index contributed by atoms with van der Waals surface area (Å²) in [6, 6.07) is 20.2. The monoisotopic (exact) mass is 376 g/mol. The number of furan rings is 1. The third-order valence-corrected chi connectivity index (χ3v) is 4.64. The van der Waals surface area contributed by atoms with Gasteiger partial charge in [-0.15, -0.1) is 0 Å². The van der Waals surface area contributed by atoms with Crippen molar-refractivity contribution < 1.29 is 18.7 Å². The number of nitrogens with one attached hydrogen (secondary N) is 1. The first-order valence-electron chi connectivity index (χ1n) is 9.12. The highest BCUT2D eigenvalue weighted by Gasteiger charge is 2.26. The highest BCUT2D eigenvalue weighted by molar-refractivity contribution is 5.98. The van der Waals surface area contributed by atoms with Gasteiger partial charge in [-0.3, -0.25) is 9.59 Å². The number of anilines is 1. The van der Waals surface area contributed by atoms with E-state index in [1.807, 2.05) is 60.7 Å². The maximum Gasteiger partial charge on any atom is 0.265 e. The number of fused-ring (bicyclic) bond motifs is 1. The second kappa shape index (κ2) is 8.00. The maximum atomic E-state index is 12.7. The van der Waals surface area contributed by atoms with Crippen LogP contribution in [0.5, 0.6) is 5.75 Å². The minimum atomic E-state index is -0.378. The highest BCUT2D eigenvalue weighted by atomic mass is 16.5. The van der Waals surface area contributed by atoms with Crippen LogP contribution in [0, 0.1) is 0 Å². The van der Waals surface area contributed by atoms with Crippen molar-refractivity contribution in [3.63, 3.8) is 0 Å². The van der Waals surface area contributed by atoms with Crippen molar-refractivity contribution in [3.05, 3.63) is 84.3 Å². The average molecular weight is 376 g/mol. The molecule has 6 nitrogen and oxygen atoms in total. The highest BCUT2D eigenvalue weighted by Crippen LogP contribution is 2.31. The third kappa shape index (κ3) is 3.76. The van der Waals surface area contributed by atoms with Gasteiger partial charge in [-0.25, -0.2) is 0 Å². The Kier molecular flexibility index (Phi) is 5.10. The van der Waals surface area contributed by atoms with Crippen LogP contribution in [0.1, 0.15) is 23.8 Å². The molecule has 0 bridgehead atoms. The fourth-order valence-electron chi connectivity index (χ4n) is 3.27. The molecule has 2 heterocycles. The van der Waals surface area contributed by atoms with Crippen molar-refractivity contribution >= 4 is 17.5 Å². The van der Waals surface area contributed by atoms with E-state index in [1.54, 1.807) is 17.2 Å². The van der Waals surface area contributed by atoms with E-state index in [4.69, 9.17) is 9.15 Å². The second-order valence-corrected chi connectivity index (χ2v) is 6.48. The summed E-state index contributed by atoms with van der Waals surface area (Å²) in [5, 5.41) is 3.01. The zero-order chi connectivity index (χ0) is 19.3. The SMILES string of the molecule is O=C(CCN1C(=O)COc2ccccc21)NC(c1ccccc1)c1ccco1. The molecule has 0 spiro atoms. The number of nitrogens with zero attached hydrogens (tertiary/aromatic N) is 1. The lowest BCUT2D eigenvalue weighted by molar-refractivity contribution is -0.122. The molecule has 1 atom stereocenters. The molecule has 28 heavy (non-hydrogen) atoms. The molecule has 1 aliphatic rings. The Morgan fingerprint density at radius 3 is 2.61 bits per heavy atom. The van der Waals surface area contributed by atoms with E-state index >= 15 is 0 Å². The number of para-hydroxylation sites is 2. The van der Waals surface area contributed by atoms with Crippen LogP contribution in [0.4, 0.5) is 5.69 Å². The molecule has 0 saturated carbocycles. The minimum Gasteiger partial charge on any atom is -0.482 e. The van der Waals surface area contributed by atoms with Gasteiger partial charge in [0, 0.05) is 13.0 Å².